The third-order valence-electron chi connectivity index (χ3n) is 7.50. The third-order valence-corrected chi connectivity index (χ3v) is 9.03. The number of hydrogen-bond donors (Lipinski definition) is 2. The van der Waals surface area contributed by atoms with Gasteiger partial charge in [-0.2, -0.15) is 0 Å². The molecule has 0 bridgehead atoms. The van der Waals surface area contributed by atoms with Gasteiger partial charge in [0.15, 0.2) is 11.5 Å². The minimum Gasteiger partial charge on any atom is -0.493 e. The van der Waals surface area contributed by atoms with E-state index in [9.17, 15) is 14.4 Å². The molecule has 8 nitrogen and oxygen atoms in total. The van der Waals surface area contributed by atoms with Gasteiger partial charge in [0.2, 0.25) is 11.8 Å². The minimum absolute atomic E-state index is 0.0838. The highest BCUT2D eigenvalue weighted by atomic mass is 32.2. The average molecular weight is 540 g/mol. The van der Waals surface area contributed by atoms with Crippen LogP contribution in [0.3, 0.4) is 0 Å². The van der Waals surface area contributed by atoms with Gasteiger partial charge in [-0.1, -0.05) is 44.5 Å². The van der Waals surface area contributed by atoms with Crippen LogP contribution >= 0.6 is 11.8 Å². The van der Waals surface area contributed by atoms with Crippen LogP contribution < -0.4 is 20.1 Å². The first-order valence-corrected chi connectivity index (χ1v) is 13.9. The molecule has 0 aliphatic carbocycles. The van der Waals surface area contributed by atoms with Crippen molar-refractivity contribution in [2.45, 2.75) is 62.7 Å². The zero-order valence-corrected chi connectivity index (χ0v) is 23.7. The van der Waals surface area contributed by atoms with Crippen LogP contribution in [-0.2, 0) is 16.0 Å². The predicted molar refractivity (Wildman–Crippen MR) is 148 cm³/mol. The maximum atomic E-state index is 13.7. The van der Waals surface area contributed by atoms with E-state index in [0.29, 0.717) is 36.4 Å². The normalized spacial score (nSPS) is 20.8. The summed E-state index contributed by atoms with van der Waals surface area (Å²) in [4.78, 5) is 42.0. The second-order valence-corrected chi connectivity index (χ2v) is 12.1. The molecule has 1 fully saturated rings. The first-order chi connectivity index (χ1) is 18.1. The molecular weight excluding hydrogens is 502 g/mol. The van der Waals surface area contributed by atoms with Crippen molar-refractivity contribution < 1.29 is 23.9 Å². The lowest BCUT2D eigenvalue weighted by atomic mass is 9.95. The van der Waals surface area contributed by atoms with Crippen LogP contribution in [0.5, 0.6) is 11.5 Å². The summed E-state index contributed by atoms with van der Waals surface area (Å²) < 4.78 is 10.1. The number of nitrogens with zero attached hydrogens (tertiary/aromatic N) is 1. The lowest BCUT2D eigenvalue weighted by Gasteiger charge is -2.32. The Hall–Kier alpha value is -3.20. The van der Waals surface area contributed by atoms with Gasteiger partial charge in [0.1, 0.15) is 17.5 Å². The molecular formula is C29H37N3O5S. The maximum Gasteiger partial charge on any atom is 0.256 e. The fourth-order valence-electron chi connectivity index (χ4n) is 5.21. The topological polar surface area (TPSA) is 97.0 Å². The van der Waals surface area contributed by atoms with Gasteiger partial charge in [0, 0.05) is 16.9 Å². The highest BCUT2D eigenvalue weighted by Gasteiger charge is 2.57. The van der Waals surface area contributed by atoms with Crippen LogP contribution in [0.25, 0.3) is 0 Å². The van der Waals surface area contributed by atoms with E-state index in [1.54, 1.807) is 30.9 Å². The Bertz CT molecular complexity index is 1220. The predicted octanol–water partition coefficient (Wildman–Crippen LogP) is 3.94. The quantitative estimate of drug-likeness (QED) is 0.475. The van der Waals surface area contributed by atoms with Crippen molar-refractivity contribution in [3.05, 3.63) is 59.2 Å². The summed E-state index contributed by atoms with van der Waals surface area (Å²) in [7, 11) is 3.18. The minimum atomic E-state index is -0.710. The van der Waals surface area contributed by atoms with Gasteiger partial charge in [-0.3, -0.25) is 14.4 Å². The van der Waals surface area contributed by atoms with Gasteiger partial charge < -0.3 is 25.0 Å². The maximum absolute atomic E-state index is 13.7. The molecule has 2 aromatic rings. The number of ether oxygens (including phenoxy) is 2. The fourth-order valence-corrected chi connectivity index (χ4v) is 6.80. The fraction of sp³-hybridized carbons (Fsp3) is 0.483. The lowest BCUT2D eigenvalue weighted by molar-refractivity contribution is -0.132. The van der Waals surface area contributed by atoms with Crippen LogP contribution in [0, 0.1) is 5.92 Å². The van der Waals surface area contributed by atoms with E-state index in [4.69, 9.17) is 9.47 Å². The Labute approximate surface area is 228 Å². The van der Waals surface area contributed by atoms with E-state index in [2.05, 4.69) is 10.6 Å². The van der Waals surface area contributed by atoms with E-state index in [0.717, 1.165) is 11.1 Å². The number of amides is 3. The summed E-state index contributed by atoms with van der Waals surface area (Å²) in [6.07, 6.45) is 1.31. The largest absolute Gasteiger partial charge is 0.493 e. The molecule has 4 rings (SSSR count). The van der Waals surface area contributed by atoms with Crippen LogP contribution in [-0.4, -0.2) is 60.2 Å². The standard InChI is InChI=1S/C29H37N3O5S/c1-7-17(2)23(25(33)30-15-14-18-12-13-21(36-5)22(16-18)37-6)31-26(34)24-29(3,4)38-28-20-11-9-8-10-19(20)27(35)32(24)28/h8-13,16-17,23-24,28H,7,14-15H2,1-6H3,(H,30,33)(H,31,34)/t17-,23-,24-,28-/m0/s1. The molecule has 4 atom stereocenters. The number of fused-ring (bicyclic) bond motifs is 3. The third kappa shape index (κ3) is 5.21. The smallest absolute Gasteiger partial charge is 0.256 e. The summed E-state index contributed by atoms with van der Waals surface area (Å²) >= 11 is 1.61. The van der Waals surface area contributed by atoms with Crippen LogP contribution in [0.15, 0.2) is 42.5 Å². The summed E-state index contributed by atoms with van der Waals surface area (Å²) in [6.45, 7) is 8.32. The molecule has 0 unspecified atom stereocenters. The first kappa shape index (κ1) is 27.8. The molecule has 1 saturated heterocycles. The zero-order valence-electron chi connectivity index (χ0n) is 22.9. The van der Waals surface area contributed by atoms with Gasteiger partial charge in [-0.25, -0.2) is 0 Å². The van der Waals surface area contributed by atoms with Gasteiger partial charge >= 0.3 is 0 Å². The lowest BCUT2D eigenvalue weighted by Crippen LogP contribution is -2.58. The number of carbonyl (C=O) groups is 3. The Morgan fingerprint density at radius 3 is 2.50 bits per heavy atom. The monoisotopic (exact) mass is 539 g/mol. The van der Waals surface area contributed by atoms with E-state index in [-0.39, 0.29) is 29.0 Å². The summed E-state index contributed by atoms with van der Waals surface area (Å²) in [6, 6.07) is 11.8. The van der Waals surface area contributed by atoms with Crippen molar-refractivity contribution in [2.75, 3.05) is 20.8 Å². The second kappa shape index (κ2) is 11.3. The van der Waals surface area contributed by atoms with Crippen molar-refractivity contribution in [2.24, 2.45) is 5.92 Å². The number of nitrogens with one attached hydrogen (secondary N) is 2. The molecule has 0 aromatic heterocycles. The highest BCUT2D eigenvalue weighted by Crippen LogP contribution is 2.56. The molecule has 2 aliphatic heterocycles. The molecule has 2 aromatic carbocycles. The van der Waals surface area contributed by atoms with Crippen molar-refractivity contribution in [3.8, 4) is 11.5 Å². The Kier molecular flexibility index (Phi) is 8.25. The highest BCUT2D eigenvalue weighted by molar-refractivity contribution is 8.01. The van der Waals surface area contributed by atoms with Gasteiger partial charge in [0.25, 0.3) is 5.91 Å². The molecule has 38 heavy (non-hydrogen) atoms. The molecule has 0 radical (unpaired) electrons. The van der Waals surface area contributed by atoms with Crippen molar-refractivity contribution in [1.82, 2.24) is 15.5 Å². The SMILES string of the molecule is CC[C@H](C)[C@H](NC(=O)[C@@H]1N2C(=O)c3ccccc3[C@@H]2SC1(C)C)C(=O)NCCc1ccc(OC)c(OC)c1. The second-order valence-electron chi connectivity index (χ2n) is 10.4. The summed E-state index contributed by atoms with van der Waals surface area (Å²) in [5.74, 6) is 0.531. The number of hydrogen-bond acceptors (Lipinski definition) is 6. The Morgan fingerprint density at radius 1 is 1.11 bits per heavy atom. The molecule has 0 spiro atoms. The van der Waals surface area contributed by atoms with E-state index in [1.807, 2.05) is 70.2 Å². The molecule has 2 N–H and O–H groups in total. The zero-order chi connectivity index (χ0) is 27.6. The number of methoxy groups -OCH3 is 2. The Morgan fingerprint density at radius 2 is 1.82 bits per heavy atom. The molecule has 2 heterocycles. The molecule has 9 heteroatoms. The van der Waals surface area contributed by atoms with Crippen molar-refractivity contribution in [3.63, 3.8) is 0 Å². The van der Waals surface area contributed by atoms with E-state index in [1.165, 1.54) is 0 Å². The van der Waals surface area contributed by atoms with E-state index < -0.39 is 16.8 Å². The van der Waals surface area contributed by atoms with Gasteiger partial charge in [-0.15, -0.1) is 11.8 Å². The molecule has 3 amide bonds. The average Bonchev–Trinajstić information content (AvgIpc) is 3.34. The summed E-state index contributed by atoms with van der Waals surface area (Å²) in [5.41, 5.74) is 2.58. The summed E-state index contributed by atoms with van der Waals surface area (Å²) in [5, 5.41) is 5.79. The van der Waals surface area contributed by atoms with Crippen LogP contribution in [0.4, 0.5) is 0 Å². The van der Waals surface area contributed by atoms with E-state index >= 15 is 0 Å². The number of carbonyl (C=O) groups excluding carboxylic acids is 3. The first-order valence-electron chi connectivity index (χ1n) is 13.0. The molecule has 204 valence electrons. The van der Waals surface area contributed by atoms with Gasteiger partial charge in [-0.05, 0) is 55.5 Å². The number of rotatable bonds is 10. The number of benzene rings is 2. The Balaban J connectivity index is 1.45. The van der Waals surface area contributed by atoms with Crippen LogP contribution in [0.1, 0.15) is 61.0 Å². The van der Waals surface area contributed by atoms with Crippen molar-refractivity contribution >= 4 is 29.5 Å². The van der Waals surface area contributed by atoms with Crippen molar-refractivity contribution in [1.29, 1.82) is 0 Å². The van der Waals surface area contributed by atoms with Crippen LogP contribution in [0.2, 0.25) is 0 Å². The van der Waals surface area contributed by atoms with Gasteiger partial charge in [0.05, 0.1) is 14.2 Å². The number of thioether (sulfide) groups is 1. The molecule has 2 aliphatic rings. The molecule has 0 saturated carbocycles.